The van der Waals surface area contributed by atoms with Gasteiger partial charge in [-0.3, -0.25) is 9.89 Å². The molecule has 1 aliphatic heterocycles. The molecule has 0 radical (unpaired) electrons. The van der Waals surface area contributed by atoms with Gasteiger partial charge in [0.05, 0.1) is 5.75 Å². The lowest BCUT2D eigenvalue weighted by atomic mass is 10.0. The molecule has 0 bridgehead atoms. The van der Waals surface area contributed by atoms with Gasteiger partial charge in [-0.05, 0) is 37.7 Å². The standard InChI is InChI=1S/C19H26N4OS/c1-3-14-8-10-15(11-9-14)18-20-19(22-21-18)25-13-17(24)23-12-6-5-7-16(23)4-2/h8-11,16H,3-7,12-13H2,1-2H3,(H,20,21,22)/t16-/m0/s1. The number of hydrogen-bond acceptors (Lipinski definition) is 4. The third kappa shape index (κ3) is 4.42. The minimum Gasteiger partial charge on any atom is -0.339 e. The molecule has 1 N–H and O–H groups in total. The van der Waals surface area contributed by atoms with Crippen LogP contribution in [-0.4, -0.2) is 44.3 Å². The first-order valence-electron chi connectivity index (χ1n) is 9.15. The maximum Gasteiger partial charge on any atom is 0.233 e. The number of likely N-dealkylation sites (tertiary alicyclic amines) is 1. The lowest BCUT2D eigenvalue weighted by Crippen LogP contribution is -2.44. The highest BCUT2D eigenvalue weighted by atomic mass is 32.2. The van der Waals surface area contributed by atoms with Gasteiger partial charge in [0.2, 0.25) is 11.1 Å². The monoisotopic (exact) mass is 358 g/mol. The van der Waals surface area contributed by atoms with Gasteiger partial charge in [-0.15, -0.1) is 5.10 Å². The number of nitrogens with one attached hydrogen (secondary N) is 1. The molecule has 0 unspecified atom stereocenters. The van der Waals surface area contributed by atoms with E-state index in [9.17, 15) is 4.79 Å². The quantitative estimate of drug-likeness (QED) is 0.795. The van der Waals surface area contributed by atoms with E-state index in [4.69, 9.17) is 0 Å². The maximum atomic E-state index is 12.5. The van der Waals surface area contributed by atoms with E-state index in [2.05, 4.69) is 53.3 Å². The summed E-state index contributed by atoms with van der Waals surface area (Å²) in [6, 6.07) is 8.73. The lowest BCUT2D eigenvalue weighted by molar-refractivity contribution is -0.132. The Morgan fingerprint density at radius 3 is 2.80 bits per heavy atom. The van der Waals surface area contributed by atoms with Gasteiger partial charge in [0.25, 0.3) is 0 Å². The summed E-state index contributed by atoms with van der Waals surface area (Å²) in [5.74, 6) is 1.36. The Labute approximate surface area is 153 Å². The number of thioether (sulfide) groups is 1. The first-order chi connectivity index (χ1) is 12.2. The Kier molecular flexibility index (Phi) is 6.13. The molecule has 1 aromatic heterocycles. The number of carbonyl (C=O) groups is 1. The summed E-state index contributed by atoms with van der Waals surface area (Å²) in [6.07, 6.45) is 5.54. The van der Waals surface area contributed by atoms with E-state index in [1.807, 2.05) is 4.90 Å². The highest BCUT2D eigenvalue weighted by Gasteiger charge is 2.25. The van der Waals surface area contributed by atoms with Gasteiger partial charge in [-0.25, -0.2) is 4.98 Å². The molecule has 1 amide bonds. The molecular weight excluding hydrogens is 332 g/mol. The molecule has 134 valence electrons. The second kappa shape index (κ2) is 8.52. The molecule has 0 aliphatic carbocycles. The number of amides is 1. The zero-order chi connectivity index (χ0) is 17.6. The van der Waals surface area contributed by atoms with Crippen molar-refractivity contribution in [2.45, 2.75) is 57.1 Å². The van der Waals surface area contributed by atoms with Crippen molar-refractivity contribution in [3.05, 3.63) is 29.8 Å². The molecule has 0 spiro atoms. The summed E-state index contributed by atoms with van der Waals surface area (Å²) in [5, 5.41) is 7.86. The number of nitrogens with zero attached hydrogens (tertiary/aromatic N) is 3. The molecule has 1 saturated heterocycles. The molecule has 1 atom stereocenters. The maximum absolute atomic E-state index is 12.5. The van der Waals surface area contributed by atoms with E-state index >= 15 is 0 Å². The smallest absolute Gasteiger partial charge is 0.233 e. The Morgan fingerprint density at radius 1 is 1.28 bits per heavy atom. The normalized spacial score (nSPS) is 17.7. The van der Waals surface area contributed by atoms with Crippen molar-refractivity contribution < 1.29 is 4.79 Å². The van der Waals surface area contributed by atoms with Crippen molar-refractivity contribution in [2.75, 3.05) is 12.3 Å². The number of benzene rings is 1. The van der Waals surface area contributed by atoms with Crippen LogP contribution >= 0.6 is 11.8 Å². The van der Waals surface area contributed by atoms with E-state index in [0.29, 0.717) is 17.0 Å². The van der Waals surface area contributed by atoms with Crippen LogP contribution in [-0.2, 0) is 11.2 Å². The van der Waals surface area contributed by atoms with E-state index in [0.717, 1.165) is 43.6 Å². The van der Waals surface area contributed by atoms with Gasteiger partial charge >= 0.3 is 0 Å². The predicted octanol–water partition coefficient (Wildman–Crippen LogP) is 3.92. The molecule has 1 fully saturated rings. The molecule has 1 aliphatic rings. The number of hydrogen-bond donors (Lipinski definition) is 1. The number of carbonyl (C=O) groups excluding carboxylic acids is 1. The van der Waals surface area contributed by atoms with Gasteiger partial charge in [-0.1, -0.05) is 49.9 Å². The number of piperidine rings is 1. The average molecular weight is 359 g/mol. The van der Waals surface area contributed by atoms with E-state index < -0.39 is 0 Å². The van der Waals surface area contributed by atoms with Crippen molar-refractivity contribution in [2.24, 2.45) is 0 Å². The Hall–Kier alpha value is -1.82. The van der Waals surface area contributed by atoms with Crippen LogP contribution in [0, 0.1) is 0 Å². The zero-order valence-corrected chi connectivity index (χ0v) is 15.8. The highest BCUT2D eigenvalue weighted by molar-refractivity contribution is 7.99. The molecule has 5 nitrogen and oxygen atoms in total. The van der Waals surface area contributed by atoms with Crippen LogP contribution in [0.5, 0.6) is 0 Å². The molecular formula is C19H26N4OS. The Balaban J connectivity index is 1.58. The van der Waals surface area contributed by atoms with Crippen molar-refractivity contribution in [1.29, 1.82) is 0 Å². The third-order valence-electron chi connectivity index (χ3n) is 4.84. The summed E-state index contributed by atoms with van der Waals surface area (Å²) in [5.41, 5.74) is 2.32. The van der Waals surface area contributed by atoms with Gasteiger partial charge in [0.15, 0.2) is 5.82 Å². The average Bonchev–Trinajstić information content (AvgIpc) is 3.15. The Morgan fingerprint density at radius 2 is 2.08 bits per heavy atom. The van der Waals surface area contributed by atoms with Gasteiger partial charge in [0, 0.05) is 18.2 Å². The second-order valence-electron chi connectivity index (χ2n) is 6.45. The molecule has 2 heterocycles. The van der Waals surface area contributed by atoms with Crippen LogP contribution in [0.2, 0.25) is 0 Å². The first kappa shape index (κ1) is 18.0. The minimum atomic E-state index is 0.204. The number of aromatic amines is 1. The van der Waals surface area contributed by atoms with Crippen LogP contribution in [0.1, 0.15) is 45.1 Å². The molecule has 6 heteroatoms. The SMILES string of the molecule is CCc1ccc(-c2nc(SCC(=O)N3CCCC[C@@H]3CC)n[nH]2)cc1. The second-order valence-corrected chi connectivity index (χ2v) is 7.39. The van der Waals surface area contributed by atoms with E-state index in [1.165, 1.54) is 23.7 Å². The number of aryl methyl sites for hydroxylation is 1. The van der Waals surface area contributed by atoms with Crippen LogP contribution < -0.4 is 0 Å². The summed E-state index contributed by atoms with van der Waals surface area (Å²) >= 11 is 1.41. The summed E-state index contributed by atoms with van der Waals surface area (Å²) in [4.78, 5) is 19.1. The van der Waals surface area contributed by atoms with Crippen LogP contribution in [0.15, 0.2) is 29.4 Å². The van der Waals surface area contributed by atoms with Crippen LogP contribution in [0.3, 0.4) is 0 Å². The van der Waals surface area contributed by atoms with Gasteiger partial charge in [0.1, 0.15) is 0 Å². The topological polar surface area (TPSA) is 61.9 Å². The first-order valence-corrected chi connectivity index (χ1v) is 10.1. The van der Waals surface area contributed by atoms with Gasteiger partial charge in [-0.2, -0.15) is 0 Å². The minimum absolute atomic E-state index is 0.204. The number of H-pyrrole nitrogens is 1. The van der Waals surface area contributed by atoms with Crippen molar-refractivity contribution >= 4 is 17.7 Å². The van der Waals surface area contributed by atoms with Crippen LogP contribution in [0.4, 0.5) is 0 Å². The summed E-state index contributed by atoms with van der Waals surface area (Å²) in [6.45, 7) is 5.19. The van der Waals surface area contributed by atoms with Crippen LogP contribution in [0.25, 0.3) is 11.4 Å². The molecule has 2 aromatic rings. The van der Waals surface area contributed by atoms with Gasteiger partial charge < -0.3 is 4.90 Å². The molecule has 3 rings (SSSR count). The van der Waals surface area contributed by atoms with Crippen molar-refractivity contribution in [3.8, 4) is 11.4 Å². The third-order valence-corrected chi connectivity index (χ3v) is 5.68. The fraction of sp³-hybridized carbons (Fsp3) is 0.526. The predicted molar refractivity (Wildman–Crippen MR) is 102 cm³/mol. The largest absolute Gasteiger partial charge is 0.339 e. The van der Waals surface area contributed by atoms with Crippen molar-refractivity contribution in [3.63, 3.8) is 0 Å². The van der Waals surface area contributed by atoms with E-state index in [-0.39, 0.29) is 5.91 Å². The fourth-order valence-electron chi connectivity index (χ4n) is 3.30. The lowest BCUT2D eigenvalue weighted by Gasteiger charge is -2.35. The molecule has 1 aromatic carbocycles. The number of rotatable bonds is 6. The zero-order valence-electron chi connectivity index (χ0n) is 15.0. The summed E-state index contributed by atoms with van der Waals surface area (Å²) in [7, 11) is 0. The molecule has 0 saturated carbocycles. The van der Waals surface area contributed by atoms with E-state index in [1.54, 1.807) is 0 Å². The fourth-order valence-corrected chi connectivity index (χ4v) is 3.99. The Bertz CT molecular complexity index is 698. The molecule has 25 heavy (non-hydrogen) atoms. The van der Waals surface area contributed by atoms with Crippen molar-refractivity contribution in [1.82, 2.24) is 20.1 Å². The highest BCUT2D eigenvalue weighted by Crippen LogP contribution is 2.23. The number of aromatic nitrogens is 3. The summed E-state index contributed by atoms with van der Waals surface area (Å²) < 4.78 is 0.